The highest BCUT2D eigenvalue weighted by molar-refractivity contribution is 7.99. The molecule has 0 spiro atoms. The Hall–Kier alpha value is -1.22. The summed E-state index contributed by atoms with van der Waals surface area (Å²) in [6.07, 6.45) is 0.454. The van der Waals surface area contributed by atoms with Gasteiger partial charge in [0.05, 0.1) is 6.07 Å². The van der Waals surface area contributed by atoms with Gasteiger partial charge in [-0.2, -0.15) is 5.26 Å². The summed E-state index contributed by atoms with van der Waals surface area (Å²) in [6.45, 7) is 4.42. The van der Waals surface area contributed by atoms with Gasteiger partial charge in [-0.15, -0.1) is 5.10 Å². The third-order valence-corrected chi connectivity index (χ3v) is 2.82. The lowest BCUT2D eigenvalue weighted by Gasteiger charge is -2.05. The van der Waals surface area contributed by atoms with E-state index in [1.807, 2.05) is 13.8 Å². The fourth-order valence-electron chi connectivity index (χ4n) is 1.02. The van der Waals surface area contributed by atoms with Crippen molar-refractivity contribution in [2.75, 3.05) is 0 Å². The summed E-state index contributed by atoms with van der Waals surface area (Å²) in [5, 5.41) is 15.6. The molecule has 5 nitrogen and oxygen atoms in total. The fraction of sp³-hybridized carbons (Fsp3) is 0.625. The van der Waals surface area contributed by atoms with E-state index in [-0.39, 0.29) is 10.9 Å². The zero-order valence-electron chi connectivity index (χ0n) is 8.15. The molecule has 1 rings (SSSR count). The molecule has 1 aromatic heterocycles. The molecule has 76 valence electrons. The van der Waals surface area contributed by atoms with E-state index >= 15 is 0 Å². The zero-order chi connectivity index (χ0) is 10.6. The van der Waals surface area contributed by atoms with E-state index in [1.54, 1.807) is 4.57 Å². The van der Waals surface area contributed by atoms with Crippen molar-refractivity contribution in [2.24, 2.45) is 0 Å². The number of hydrogen-bond donors (Lipinski definition) is 1. The van der Waals surface area contributed by atoms with Gasteiger partial charge in [-0.05, 0) is 6.92 Å². The lowest BCUT2D eigenvalue weighted by atomic mass is 10.4. The van der Waals surface area contributed by atoms with Gasteiger partial charge >= 0.3 is 5.69 Å². The van der Waals surface area contributed by atoms with Crippen LogP contribution >= 0.6 is 11.8 Å². The maximum Gasteiger partial charge on any atom is 0.343 e. The van der Waals surface area contributed by atoms with E-state index in [0.717, 1.165) is 0 Å². The van der Waals surface area contributed by atoms with Crippen LogP contribution in [0.15, 0.2) is 9.95 Å². The number of rotatable bonds is 4. The molecule has 0 saturated carbocycles. The molecule has 0 radical (unpaired) electrons. The number of aromatic nitrogens is 3. The Balaban J connectivity index is 2.77. The third kappa shape index (κ3) is 2.39. The summed E-state index contributed by atoms with van der Waals surface area (Å²) in [5.74, 6) is 0. The molecule has 14 heavy (non-hydrogen) atoms. The number of thioether (sulfide) groups is 1. The monoisotopic (exact) mass is 212 g/mol. The van der Waals surface area contributed by atoms with E-state index in [4.69, 9.17) is 5.26 Å². The topological polar surface area (TPSA) is 74.5 Å². The highest BCUT2D eigenvalue weighted by Gasteiger charge is 2.11. The van der Waals surface area contributed by atoms with Crippen LogP contribution in [-0.2, 0) is 6.54 Å². The molecular weight excluding hydrogens is 200 g/mol. The predicted octanol–water partition coefficient (Wildman–Crippen LogP) is 0.986. The summed E-state index contributed by atoms with van der Waals surface area (Å²) in [7, 11) is 0. The first-order valence-corrected chi connectivity index (χ1v) is 5.25. The molecule has 1 heterocycles. The van der Waals surface area contributed by atoms with Crippen molar-refractivity contribution in [3.8, 4) is 6.07 Å². The zero-order valence-corrected chi connectivity index (χ0v) is 8.97. The Labute approximate surface area is 86.1 Å². The van der Waals surface area contributed by atoms with Crippen LogP contribution in [0.2, 0.25) is 0 Å². The molecule has 1 aromatic rings. The third-order valence-electron chi connectivity index (χ3n) is 1.72. The minimum atomic E-state index is -0.195. The van der Waals surface area contributed by atoms with Crippen molar-refractivity contribution in [1.82, 2.24) is 14.8 Å². The predicted molar refractivity (Wildman–Crippen MR) is 54.1 cm³/mol. The summed E-state index contributed by atoms with van der Waals surface area (Å²) >= 11 is 1.44. The normalized spacial score (nSPS) is 12.4. The van der Waals surface area contributed by atoms with Gasteiger partial charge in [-0.25, -0.2) is 9.89 Å². The molecule has 1 unspecified atom stereocenters. The van der Waals surface area contributed by atoms with Crippen LogP contribution in [0.25, 0.3) is 0 Å². The largest absolute Gasteiger partial charge is 0.343 e. The quantitative estimate of drug-likeness (QED) is 0.755. The molecule has 1 N–H and O–H groups in total. The van der Waals surface area contributed by atoms with Gasteiger partial charge in [-0.3, -0.25) is 4.57 Å². The molecule has 0 aliphatic heterocycles. The van der Waals surface area contributed by atoms with Crippen LogP contribution in [-0.4, -0.2) is 20.0 Å². The lowest BCUT2D eigenvalue weighted by molar-refractivity contribution is 0.659. The molecule has 0 fully saturated rings. The standard InChI is InChI=1S/C8H12N4OS/c1-3-12-7(13)10-11-8(12)14-6(2)4-5-9/h6H,3-4H2,1-2H3,(H,10,13). The Morgan fingerprint density at radius 2 is 2.50 bits per heavy atom. The number of H-pyrrole nitrogens is 1. The SMILES string of the molecule is CCn1c(SC(C)CC#N)n[nH]c1=O. The second-order valence-corrected chi connectivity index (χ2v) is 4.25. The van der Waals surface area contributed by atoms with Gasteiger partial charge in [0.15, 0.2) is 5.16 Å². The lowest BCUT2D eigenvalue weighted by Crippen LogP contribution is -2.16. The fourth-order valence-corrected chi connectivity index (χ4v) is 1.98. The first-order valence-electron chi connectivity index (χ1n) is 4.37. The van der Waals surface area contributed by atoms with Crippen LogP contribution in [0.3, 0.4) is 0 Å². The van der Waals surface area contributed by atoms with E-state index in [9.17, 15) is 4.79 Å². The van der Waals surface area contributed by atoms with Crippen molar-refractivity contribution in [3.05, 3.63) is 10.5 Å². The maximum atomic E-state index is 11.2. The second-order valence-electron chi connectivity index (χ2n) is 2.85. The van der Waals surface area contributed by atoms with Crippen LogP contribution in [0.4, 0.5) is 0 Å². The second kappa shape index (κ2) is 4.86. The average Bonchev–Trinajstić information content (AvgIpc) is 2.47. The van der Waals surface area contributed by atoms with Gasteiger partial charge in [0.25, 0.3) is 0 Å². The molecule has 0 saturated heterocycles. The van der Waals surface area contributed by atoms with Crippen molar-refractivity contribution in [1.29, 1.82) is 5.26 Å². The smallest absolute Gasteiger partial charge is 0.270 e. The molecule has 0 aliphatic rings. The molecule has 0 bridgehead atoms. The molecule has 1 atom stereocenters. The van der Waals surface area contributed by atoms with E-state index in [2.05, 4.69) is 16.3 Å². The summed E-state index contributed by atoms with van der Waals surface area (Å²) in [4.78, 5) is 11.2. The minimum absolute atomic E-state index is 0.153. The number of nitrogens with one attached hydrogen (secondary N) is 1. The number of nitriles is 1. The minimum Gasteiger partial charge on any atom is -0.270 e. The van der Waals surface area contributed by atoms with Crippen molar-refractivity contribution in [2.45, 2.75) is 37.2 Å². The van der Waals surface area contributed by atoms with E-state index in [1.165, 1.54) is 11.8 Å². The average molecular weight is 212 g/mol. The molecule has 0 aliphatic carbocycles. The molecule has 0 amide bonds. The van der Waals surface area contributed by atoms with Crippen LogP contribution in [0, 0.1) is 11.3 Å². The summed E-state index contributed by atoms with van der Waals surface area (Å²) in [5.41, 5.74) is -0.195. The molecule has 0 aromatic carbocycles. The number of hydrogen-bond acceptors (Lipinski definition) is 4. The summed E-state index contributed by atoms with van der Waals surface area (Å²) in [6, 6.07) is 2.09. The van der Waals surface area contributed by atoms with Gasteiger partial charge in [0, 0.05) is 18.2 Å². The first-order chi connectivity index (χ1) is 6.69. The van der Waals surface area contributed by atoms with Gasteiger partial charge in [0.1, 0.15) is 0 Å². The van der Waals surface area contributed by atoms with Gasteiger partial charge in [-0.1, -0.05) is 18.7 Å². The van der Waals surface area contributed by atoms with Gasteiger partial charge < -0.3 is 0 Å². The van der Waals surface area contributed by atoms with Crippen LogP contribution in [0.1, 0.15) is 20.3 Å². The number of nitrogens with zero attached hydrogens (tertiary/aromatic N) is 3. The van der Waals surface area contributed by atoms with Crippen LogP contribution in [0.5, 0.6) is 0 Å². The summed E-state index contributed by atoms with van der Waals surface area (Å²) < 4.78 is 1.55. The van der Waals surface area contributed by atoms with E-state index < -0.39 is 0 Å². The Morgan fingerprint density at radius 1 is 1.79 bits per heavy atom. The Bertz CT molecular complexity index is 389. The molecular formula is C8H12N4OS. The Kier molecular flexibility index (Phi) is 3.77. The van der Waals surface area contributed by atoms with Crippen LogP contribution < -0.4 is 5.69 Å². The molecule has 6 heteroatoms. The van der Waals surface area contributed by atoms with Crippen molar-refractivity contribution < 1.29 is 0 Å². The first kappa shape index (κ1) is 10.9. The van der Waals surface area contributed by atoms with Gasteiger partial charge in [0.2, 0.25) is 0 Å². The van der Waals surface area contributed by atoms with Crippen molar-refractivity contribution in [3.63, 3.8) is 0 Å². The van der Waals surface area contributed by atoms with Crippen molar-refractivity contribution >= 4 is 11.8 Å². The maximum absolute atomic E-state index is 11.2. The highest BCUT2D eigenvalue weighted by atomic mass is 32.2. The Morgan fingerprint density at radius 3 is 3.07 bits per heavy atom. The van der Waals surface area contributed by atoms with E-state index in [0.29, 0.717) is 18.1 Å². The number of aromatic amines is 1. The highest BCUT2D eigenvalue weighted by Crippen LogP contribution is 2.21.